The standard InChI is InChI=1S/C24H22N6O/c25-11-4-12-26-24(31)17-8-9-19-18(13-17)22(30-29-19)23-27-20-10-7-16(14-21(20)28-23)15-5-2-1-3-6-15/h1-3,5-10,13-14H,4,11-12,25H2,(H,26,31)(H,27,28)(H,29,30). The molecule has 0 unspecified atom stereocenters. The number of amides is 1. The van der Waals surface area contributed by atoms with Crippen LogP contribution in [0, 0.1) is 0 Å². The van der Waals surface area contributed by atoms with Crippen LogP contribution in [0.3, 0.4) is 0 Å². The van der Waals surface area contributed by atoms with E-state index in [-0.39, 0.29) is 5.91 Å². The van der Waals surface area contributed by atoms with Gasteiger partial charge in [-0.25, -0.2) is 4.98 Å². The molecule has 0 aliphatic rings. The molecule has 7 heteroatoms. The number of H-pyrrole nitrogens is 2. The third-order valence-electron chi connectivity index (χ3n) is 5.30. The molecule has 0 aliphatic carbocycles. The highest BCUT2D eigenvalue weighted by Gasteiger charge is 2.15. The molecule has 0 aliphatic heterocycles. The van der Waals surface area contributed by atoms with E-state index >= 15 is 0 Å². The van der Waals surface area contributed by atoms with Crippen LogP contribution in [-0.2, 0) is 0 Å². The van der Waals surface area contributed by atoms with Crippen LogP contribution >= 0.6 is 0 Å². The van der Waals surface area contributed by atoms with Crippen molar-refractivity contribution in [3.05, 3.63) is 72.3 Å². The Kier molecular flexibility index (Phi) is 4.93. The molecule has 0 radical (unpaired) electrons. The van der Waals surface area contributed by atoms with Gasteiger partial charge in [0.25, 0.3) is 5.91 Å². The van der Waals surface area contributed by atoms with E-state index in [1.165, 1.54) is 0 Å². The Morgan fingerprint density at radius 2 is 1.84 bits per heavy atom. The maximum absolute atomic E-state index is 12.4. The lowest BCUT2D eigenvalue weighted by Crippen LogP contribution is -2.25. The topological polar surface area (TPSA) is 112 Å². The van der Waals surface area contributed by atoms with Gasteiger partial charge in [0.1, 0.15) is 5.69 Å². The first-order valence-corrected chi connectivity index (χ1v) is 10.2. The molecule has 1 amide bonds. The Labute approximate surface area is 178 Å². The number of benzene rings is 3. The second kappa shape index (κ2) is 8.04. The molecule has 0 saturated carbocycles. The predicted octanol–water partition coefficient (Wildman–Crippen LogP) is 3.85. The summed E-state index contributed by atoms with van der Waals surface area (Å²) in [7, 11) is 0. The minimum atomic E-state index is -0.125. The van der Waals surface area contributed by atoms with Crippen LogP contribution in [0.15, 0.2) is 66.7 Å². The Morgan fingerprint density at radius 1 is 0.968 bits per heavy atom. The number of hydrogen-bond donors (Lipinski definition) is 4. The molecule has 2 aromatic heterocycles. The normalized spacial score (nSPS) is 11.3. The van der Waals surface area contributed by atoms with E-state index in [1.807, 2.05) is 36.4 Å². The third kappa shape index (κ3) is 3.67. The van der Waals surface area contributed by atoms with Crippen molar-refractivity contribution in [3.8, 4) is 22.6 Å². The largest absolute Gasteiger partial charge is 0.352 e. The molecule has 31 heavy (non-hydrogen) atoms. The summed E-state index contributed by atoms with van der Waals surface area (Å²) in [5.74, 6) is 0.534. The van der Waals surface area contributed by atoms with Crippen molar-refractivity contribution in [1.82, 2.24) is 25.5 Å². The van der Waals surface area contributed by atoms with Gasteiger partial charge < -0.3 is 16.0 Å². The van der Waals surface area contributed by atoms with Gasteiger partial charge in [0, 0.05) is 17.5 Å². The van der Waals surface area contributed by atoms with E-state index in [2.05, 4.69) is 44.8 Å². The molecular weight excluding hydrogens is 388 g/mol. The van der Waals surface area contributed by atoms with Gasteiger partial charge in [-0.3, -0.25) is 9.89 Å². The Bertz CT molecular complexity index is 1370. The second-order valence-corrected chi connectivity index (χ2v) is 7.41. The number of aromatic amines is 2. The Morgan fingerprint density at radius 3 is 2.68 bits per heavy atom. The molecule has 5 rings (SSSR count). The monoisotopic (exact) mass is 410 g/mol. The van der Waals surface area contributed by atoms with Gasteiger partial charge >= 0.3 is 0 Å². The van der Waals surface area contributed by atoms with Gasteiger partial charge in [-0.15, -0.1) is 0 Å². The lowest BCUT2D eigenvalue weighted by Gasteiger charge is -2.04. The summed E-state index contributed by atoms with van der Waals surface area (Å²) in [5.41, 5.74) is 11.7. The van der Waals surface area contributed by atoms with E-state index in [9.17, 15) is 4.79 Å². The Hall–Kier alpha value is -3.97. The maximum atomic E-state index is 12.4. The zero-order chi connectivity index (χ0) is 21.2. The third-order valence-corrected chi connectivity index (χ3v) is 5.30. The van der Waals surface area contributed by atoms with Gasteiger partial charge in [0.15, 0.2) is 5.82 Å². The molecule has 0 atom stereocenters. The molecule has 3 aromatic carbocycles. The quantitative estimate of drug-likeness (QED) is 0.319. The molecule has 5 aromatic rings. The summed E-state index contributed by atoms with van der Waals surface area (Å²) in [6.45, 7) is 1.10. The van der Waals surface area contributed by atoms with Crippen LogP contribution < -0.4 is 11.1 Å². The fourth-order valence-electron chi connectivity index (χ4n) is 3.67. The maximum Gasteiger partial charge on any atom is 0.251 e. The highest BCUT2D eigenvalue weighted by atomic mass is 16.1. The first-order valence-electron chi connectivity index (χ1n) is 10.2. The number of hydrogen-bond acceptors (Lipinski definition) is 4. The Balaban J connectivity index is 1.51. The van der Waals surface area contributed by atoms with Gasteiger partial charge in [0.05, 0.1) is 16.6 Å². The van der Waals surface area contributed by atoms with Crippen molar-refractivity contribution in [2.45, 2.75) is 6.42 Å². The number of nitrogens with two attached hydrogens (primary N) is 1. The van der Waals surface area contributed by atoms with Crippen molar-refractivity contribution in [3.63, 3.8) is 0 Å². The number of fused-ring (bicyclic) bond motifs is 2. The summed E-state index contributed by atoms with van der Waals surface area (Å²) >= 11 is 0. The number of carbonyl (C=O) groups excluding carboxylic acids is 1. The average molecular weight is 410 g/mol. The molecule has 154 valence electrons. The molecule has 7 nitrogen and oxygen atoms in total. The number of imidazole rings is 1. The van der Waals surface area contributed by atoms with Crippen molar-refractivity contribution in [1.29, 1.82) is 0 Å². The number of aromatic nitrogens is 4. The van der Waals surface area contributed by atoms with Gasteiger partial charge in [-0.2, -0.15) is 5.10 Å². The minimum Gasteiger partial charge on any atom is -0.352 e. The fourth-order valence-corrected chi connectivity index (χ4v) is 3.67. The van der Waals surface area contributed by atoms with Crippen molar-refractivity contribution >= 4 is 27.8 Å². The number of rotatable bonds is 6. The zero-order valence-corrected chi connectivity index (χ0v) is 16.9. The van der Waals surface area contributed by atoms with Gasteiger partial charge in [-0.05, 0) is 54.4 Å². The van der Waals surface area contributed by atoms with Crippen molar-refractivity contribution in [2.75, 3.05) is 13.1 Å². The average Bonchev–Trinajstić information content (AvgIpc) is 3.42. The number of carbonyl (C=O) groups is 1. The first kappa shape index (κ1) is 19.0. The van der Waals surface area contributed by atoms with Crippen LogP contribution in [0.1, 0.15) is 16.8 Å². The lowest BCUT2D eigenvalue weighted by atomic mass is 10.1. The zero-order valence-electron chi connectivity index (χ0n) is 16.9. The van der Waals surface area contributed by atoms with E-state index in [0.717, 1.165) is 39.5 Å². The molecule has 0 bridgehead atoms. The summed E-state index contributed by atoms with van der Waals surface area (Å²) in [5, 5.41) is 11.2. The van der Waals surface area contributed by atoms with Crippen LogP contribution in [-0.4, -0.2) is 39.2 Å². The van der Waals surface area contributed by atoms with E-state index in [4.69, 9.17) is 10.7 Å². The van der Waals surface area contributed by atoms with Gasteiger partial charge in [-0.1, -0.05) is 36.4 Å². The molecule has 0 fully saturated rings. The smallest absolute Gasteiger partial charge is 0.251 e. The molecule has 0 spiro atoms. The minimum absolute atomic E-state index is 0.125. The molecule has 2 heterocycles. The number of nitrogens with zero attached hydrogens (tertiary/aromatic N) is 2. The van der Waals surface area contributed by atoms with E-state index in [1.54, 1.807) is 6.07 Å². The van der Waals surface area contributed by atoms with E-state index < -0.39 is 0 Å². The van der Waals surface area contributed by atoms with Crippen LogP contribution in [0.2, 0.25) is 0 Å². The SMILES string of the molecule is NCCCNC(=O)c1ccc2[nH]nc(-c3nc4ccc(-c5ccccc5)cc4[nH]3)c2c1. The van der Waals surface area contributed by atoms with Gasteiger partial charge in [0.2, 0.25) is 0 Å². The van der Waals surface area contributed by atoms with Crippen LogP contribution in [0.25, 0.3) is 44.6 Å². The molecule has 5 N–H and O–H groups in total. The fraction of sp³-hybridized carbons (Fsp3) is 0.125. The predicted molar refractivity (Wildman–Crippen MR) is 123 cm³/mol. The summed E-state index contributed by atoms with van der Waals surface area (Å²) in [6.07, 6.45) is 0.745. The summed E-state index contributed by atoms with van der Waals surface area (Å²) in [4.78, 5) is 20.5. The van der Waals surface area contributed by atoms with Crippen LogP contribution in [0.4, 0.5) is 0 Å². The van der Waals surface area contributed by atoms with E-state index in [0.29, 0.717) is 30.2 Å². The highest BCUT2D eigenvalue weighted by molar-refractivity contribution is 6.01. The van der Waals surface area contributed by atoms with Crippen molar-refractivity contribution < 1.29 is 4.79 Å². The van der Waals surface area contributed by atoms with Crippen LogP contribution in [0.5, 0.6) is 0 Å². The number of nitrogens with one attached hydrogen (secondary N) is 3. The summed E-state index contributed by atoms with van der Waals surface area (Å²) in [6, 6.07) is 21.9. The second-order valence-electron chi connectivity index (χ2n) is 7.41. The molecular formula is C24H22N6O. The van der Waals surface area contributed by atoms with Crippen molar-refractivity contribution in [2.24, 2.45) is 5.73 Å². The molecule has 0 saturated heterocycles. The summed E-state index contributed by atoms with van der Waals surface area (Å²) < 4.78 is 0. The highest BCUT2D eigenvalue weighted by Crippen LogP contribution is 2.29. The first-order chi connectivity index (χ1) is 15.2. The lowest BCUT2D eigenvalue weighted by molar-refractivity contribution is 0.0953.